The molecule has 7 heteroatoms. The number of rotatable bonds is 8. The highest BCUT2D eigenvalue weighted by molar-refractivity contribution is 7.09. The molecule has 1 aromatic carbocycles. The second-order valence-corrected chi connectivity index (χ2v) is 5.82. The molecule has 0 bridgehead atoms. The molecule has 0 saturated carbocycles. The maximum atomic E-state index is 12.0. The maximum Gasteiger partial charge on any atom is 0.309 e. The number of esters is 1. The third-order valence-corrected chi connectivity index (χ3v) is 4.06. The van der Waals surface area contributed by atoms with Crippen LogP contribution in [0.2, 0.25) is 0 Å². The Bertz CT molecular complexity index is 737. The number of carbonyl (C=O) groups excluding carboxylic acids is 2. The van der Waals surface area contributed by atoms with Crippen molar-refractivity contribution in [3.63, 3.8) is 0 Å². The SMILES string of the molecule is Cc1csc([C@H](C#N)C(=O)COC(=O)CCOc2ccccc2)n1. The van der Waals surface area contributed by atoms with Gasteiger partial charge in [0.2, 0.25) is 0 Å². The van der Waals surface area contributed by atoms with Crippen molar-refractivity contribution in [1.82, 2.24) is 4.98 Å². The molecule has 124 valence electrons. The van der Waals surface area contributed by atoms with Crippen LogP contribution in [0.3, 0.4) is 0 Å². The maximum absolute atomic E-state index is 12.0. The highest BCUT2D eigenvalue weighted by Crippen LogP contribution is 2.20. The Labute approximate surface area is 143 Å². The zero-order valence-corrected chi connectivity index (χ0v) is 13.9. The van der Waals surface area contributed by atoms with Gasteiger partial charge in [-0.3, -0.25) is 9.59 Å². The average molecular weight is 344 g/mol. The Kier molecular flexibility index (Phi) is 6.46. The number of aromatic nitrogens is 1. The van der Waals surface area contributed by atoms with E-state index < -0.39 is 24.3 Å². The van der Waals surface area contributed by atoms with Crippen LogP contribution in [0.1, 0.15) is 23.0 Å². The van der Waals surface area contributed by atoms with E-state index in [-0.39, 0.29) is 13.0 Å². The second-order valence-electron chi connectivity index (χ2n) is 4.93. The summed E-state index contributed by atoms with van der Waals surface area (Å²) in [5, 5.41) is 11.3. The van der Waals surface area contributed by atoms with E-state index in [0.717, 1.165) is 5.69 Å². The van der Waals surface area contributed by atoms with Gasteiger partial charge >= 0.3 is 5.97 Å². The van der Waals surface area contributed by atoms with Gasteiger partial charge in [-0.05, 0) is 19.1 Å². The number of Topliss-reactive ketones (excluding diaryl/α,β-unsaturated/α-hetero) is 1. The summed E-state index contributed by atoms with van der Waals surface area (Å²) in [7, 11) is 0. The minimum Gasteiger partial charge on any atom is -0.493 e. The summed E-state index contributed by atoms with van der Waals surface area (Å²) in [5.74, 6) is -1.38. The number of ether oxygens (including phenoxy) is 2. The molecule has 1 aromatic heterocycles. The van der Waals surface area contributed by atoms with Crippen molar-refractivity contribution in [3.8, 4) is 11.8 Å². The van der Waals surface area contributed by atoms with Crippen molar-refractivity contribution in [2.45, 2.75) is 19.3 Å². The lowest BCUT2D eigenvalue weighted by Gasteiger charge is -2.08. The molecule has 0 amide bonds. The van der Waals surface area contributed by atoms with E-state index in [2.05, 4.69) is 4.98 Å². The number of carbonyl (C=O) groups is 2. The van der Waals surface area contributed by atoms with Gasteiger partial charge in [-0.15, -0.1) is 11.3 Å². The van der Waals surface area contributed by atoms with Gasteiger partial charge in [-0.2, -0.15) is 5.26 Å². The summed E-state index contributed by atoms with van der Waals surface area (Å²) < 4.78 is 10.3. The van der Waals surface area contributed by atoms with Gasteiger partial charge in [-0.25, -0.2) is 4.98 Å². The van der Waals surface area contributed by atoms with Gasteiger partial charge in [0.05, 0.1) is 19.1 Å². The van der Waals surface area contributed by atoms with Gasteiger partial charge in [0.25, 0.3) is 0 Å². The van der Waals surface area contributed by atoms with Crippen LogP contribution in [0.5, 0.6) is 5.75 Å². The minimum atomic E-state index is -1.00. The van der Waals surface area contributed by atoms with Gasteiger partial charge in [-0.1, -0.05) is 18.2 Å². The van der Waals surface area contributed by atoms with Crippen molar-refractivity contribution in [1.29, 1.82) is 5.26 Å². The fourth-order valence-electron chi connectivity index (χ4n) is 1.85. The number of ketones is 1. The molecule has 0 spiro atoms. The fraction of sp³-hybridized carbons (Fsp3) is 0.294. The summed E-state index contributed by atoms with van der Waals surface area (Å²) in [6.45, 7) is 1.50. The molecule has 1 heterocycles. The molecule has 0 saturated heterocycles. The van der Waals surface area contributed by atoms with E-state index in [1.165, 1.54) is 11.3 Å². The van der Waals surface area contributed by atoms with Crippen molar-refractivity contribution >= 4 is 23.1 Å². The molecule has 0 fully saturated rings. The van der Waals surface area contributed by atoms with Crippen LogP contribution in [-0.2, 0) is 14.3 Å². The molecule has 2 rings (SSSR count). The predicted molar refractivity (Wildman–Crippen MR) is 87.7 cm³/mol. The van der Waals surface area contributed by atoms with E-state index in [0.29, 0.717) is 10.8 Å². The van der Waals surface area contributed by atoms with Crippen LogP contribution in [0.25, 0.3) is 0 Å². The molecular weight excluding hydrogens is 328 g/mol. The van der Waals surface area contributed by atoms with Crippen molar-refractivity contribution in [3.05, 3.63) is 46.4 Å². The van der Waals surface area contributed by atoms with Gasteiger partial charge < -0.3 is 9.47 Å². The van der Waals surface area contributed by atoms with E-state index in [9.17, 15) is 9.59 Å². The summed E-state index contributed by atoms with van der Waals surface area (Å²) >= 11 is 1.24. The summed E-state index contributed by atoms with van der Waals surface area (Å²) in [5.41, 5.74) is 0.748. The lowest BCUT2D eigenvalue weighted by atomic mass is 10.1. The quantitative estimate of drug-likeness (QED) is 0.684. The second kappa shape index (κ2) is 8.79. The fourth-order valence-corrected chi connectivity index (χ4v) is 2.71. The Balaban J connectivity index is 1.74. The molecule has 24 heavy (non-hydrogen) atoms. The molecule has 0 aliphatic rings. The third-order valence-electron chi connectivity index (χ3n) is 3.03. The van der Waals surface area contributed by atoms with Crippen molar-refractivity contribution in [2.24, 2.45) is 0 Å². The Morgan fingerprint density at radius 1 is 1.33 bits per heavy atom. The lowest BCUT2D eigenvalue weighted by Crippen LogP contribution is -2.20. The summed E-state index contributed by atoms with van der Waals surface area (Å²) in [4.78, 5) is 27.8. The van der Waals surface area contributed by atoms with Crippen LogP contribution in [-0.4, -0.2) is 30.0 Å². The number of thiazole rings is 1. The molecule has 0 radical (unpaired) electrons. The highest BCUT2D eigenvalue weighted by atomic mass is 32.1. The molecule has 0 aliphatic heterocycles. The molecule has 1 atom stereocenters. The predicted octanol–water partition coefficient (Wildman–Crippen LogP) is 2.64. The van der Waals surface area contributed by atoms with E-state index in [4.69, 9.17) is 14.7 Å². The van der Waals surface area contributed by atoms with E-state index in [1.54, 1.807) is 24.4 Å². The minimum absolute atomic E-state index is 0.0236. The first kappa shape index (κ1) is 17.6. The van der Waals surface area contributed by atoms with Crippen molar-refractivity contribution < 1.29 is 19.1 Å². The number of nitrogens with zero attached hydrogens (tertiary/aromatic N) is 2. The number of benzene rings is 1. The summed E-state index contributed by atoms with van der Waals surface area (Å²) in [6, 6.07) is 11.0. The molecule has 2 aromatic rings. The average Bonchev–Trinajstić information content (AvgIpc) is 3.01. The number of nitriles is 1. The van der Waals surface area contributed by atoms with Crippen LogP contribution in [0.15, 0.2) is 35.7 Å². The van der Waals surface area contributed by atoms with Crippen LogP contribution >= 0.6 is 11.3 Å². The standard InChI is InChI=1S/C17H16N2O4S/c1-12-11-24-17(19-12)14(9-18)15(20)10-23-16(21)7-8-22-13-5-3-2-4-6-13/h2-6,11,14H,7-8,10H2,1H3/t14-/m1/s1. The van der Waals surface area contributed by atoms with Gasteiger partial charge in [0, 0.05) is 11.1 Å². The number of aryl methyl sites for hydroxylation is 1. The molecule has 6 nitrogen and oxygen atoms in total. The zero-order valence-electron chi connectivity index (χ0n) is 13.1. The van der Waals surface area contributed by atoms with Crippen LogP contribution in [0.4, 0.5) is 0 Å². The van der Waals surface area contributed by atoms with Crippen LogP contribution in [0, 0.1) is 18.3 Å². The zero-order chi connectivity index (χ0) is 17.4. The molecule has 0 N–H and O–H groups in total. The van der Waals surface area contributed by atoms with E-state index >= 15 is 0 Å². The Morgan fingerprint density at radius 2 is 2.08 bits per heavy atom. The number of hydrogen-bond acceptors (Lipinski definition) is 7. The molecule has 0 unspecified atom stereocenters. The normalized spacial score (nSPS) is 11.3. The monoisotopic (exact) mass is 344 g/mol. The first-order valence-electron chi connectivity index (χ1n) is 7.28. The van der Waals surface area contributed by atoms with E-state index in [1.807, 2.05) is 24.3 Å². The number of hydrogen-bond donors (Lipinski definition) is 0. The topological polar surface area (TPSA) is 89.3 Å². The first-order chi connectivity index (χ1) is 11.6. The Hall–Kier alpha value is -2.72. The highest BCUT2D eigenvalue weighted by Gasteiger charge is 2.24. The number of para-hydroxylation sites is 1. The molecule has 0 aliphatic carbocycles. The van der Waals surface area contributed by atoms with Gasteiger partial charge in [0.1, 0.15) is 10.8 Å². The summed E-state index contributed by atoms with van der Waals surface area (Å²) in [6.07, 6.45) is 0.0236. The smallest absolute Gasteiger partial charge is 0.309 e. The van der Waals surface area contributed by atoms with Crippen molar-refractivity contribution in [2.75, 3.05) is 13.2 Å². The first-order valence-corrected chi connectivity index (χ1v) is 8.16. The van der Waals surface area contributed by atoms with Crippen LogP contribution < -0.4 is 4.74 Å². The largest absolute Gasteiger partial charge is 0.493 e. The lowest BCUT2D eigenvalue weighted by molar-refractivity contribution is -0.148. The van der Waals surface area contributed by atoms with Gasteiger partial charge in [0.15, 0.2) is 18.3 Å². The third kappa shape index (κ3) is 5.18. The Morgan fingerprint density at radius 3 is 2.71 bits per heavy atom. The molecular formula is C17H16N2O4S.